The van der Waals surface area contributed by atoms with Gasteiger partial charge in [0.1, 0.15) is 4.90 Å². The Hall–Kier alpha value is -1.65. The number of carbonyl (C=O) groups is 1. The van der Waals surface area contributed by atoms with Crippen LogP contribution in [0.25, 0.3) is 0 Å². The lowest BCUT2D eigenvalue weighted by molar-refractivity contribution is 0.0437. The number of rotatable bonds is 2. The molecule has 10 heteroatoms. The first-order valence-electron chi connectivity index (χ1n) is 8.54. The number of H-pyrrole nitrogens is 1. The van der Waals surface area contributed by atoms with Crippen LogP contribution < -0.4 is 0 Å². The van der Waals surface area contributed by atoms with Gasteiger partial charge in [-0.05, 0) is 20.3 Å². The maximum Gasteiger partial charge on any atom is 0.320 e. The second kappa shape index (κ2) is 7.30. The van der Waals surface area contributed by atoms with E-state index in [0.717, 1.165) is 0 Å². The maximum absolute atomic E-state index is 13.0. The summed E-state index contributed by atoms with van der Waals surface area (Å²) >= 11 is 0. The van der Waals surface area contributed by atoms with Crippen molar-refractivity contribution >= 4 is 16.1 Å². The van der Waals surface area contributed by atoms with Gasteiger partial charge < -0.3 is 14.5 Å². The summed E-state index contributed by atoms with van der Waals surface area (Å²) in [5, 5.41) is 6.72. The largest absolute Gasteiger partial charge is 0.378 e. The van der Waals surface area contributed by atoms with Gasteiger partial charge in [-0.3, -0.25) is 5.10 Å². The number of aromatic nitrogens is 2. The number of aryl methyl sites for hydroxylation is 2. The molecule has 0 saturated carbocycles. The molecule has 2 saturated heterocycles. The molecule has 2 aliphatic heterocycles. The number of urea groups is 1. The molecule has 0 atom stereocenters. The van der Waals surface area contributed by atoms with Crippen LogP contribution in [-0.4, -0.2) is 91.2 Å². The fourth-order valence-electron chi connectivity index (χ4n) is 3.33. The van der Waals surface area contributed by atoms with Crippen LogP contribution >= 0.6 is 0 Å². The van der Waals surface area contributed by atoms with Crippen molar-refractivity contribution in [3.05, 3.63) is 11.4 Å². The fourth-order valence-corrected chi connectivity index (χ4v) is 5.13. The Kier molecular flexibility index (Phi) is 5.30. The van der Waals surface area contributed by atoms with Crippen LogP contribution in [0, 0.1) is 13.8 Å². The molecule has 3 heterocycles. The number of morpholine rings is 1. The highest BCUT2D eigenvalue weighted by molar-refractivity contribution is 7.89. The van der Waals surface area contributed by atoms with Gasteiger partial charge in [-0.2, -0.15) is 9.40 Å². The lowest BCUT2D eigenvalue weighted by Crippen LogP contribution is -2.49. The highest BCUT2D eigenvalue weighted by atomic mass is 32.2. The predicted molar refractivity (Wildman–Crippen MR) is 90.8 cm³/mol. The summed E-state index contributed by atoms with van der Waals surface area (Å²) in [5.41, 5.74) is 1.02. The van der Waals surface area contributed by atoms with Crippen molar-refractivity contribution in [1.29, 1.82) is 0 Å². The monoisotopic (exact) mass is 371 g/mol. The molecule has 1 aromatic heterocycles. The van der Waals surface area contributed by atoms with Gasteiger partial charge in [0.05, 0.1) is 24.6 Å². The highest BCUT2D eigenvalue weighted by Gasteiger charge is 2.32. The predicted octanol–water partition coefficient (Wildman–Crippen LogP) is 0.175. The number of aromatic amines is 1. The smallest absolute Gasteiger partial charge is 0.320 e. The van der Waals surface area contributed by atoms with E-state index in [9.17, 15) is 13.2 Å². The van der Waals surface area contributed by atoms with Gasteiger partial charge in [0.25, 0.3) is 0 Å². The number of nitrogens with zero attached hydrogens (tertiary/aromatic N) is 4. The van der Waals surface area contributed by atoms with Crippen LogP contribution in [0.3, 0.4) is 0 Å². The first kappa shape index (κ1) is 18.2. The molecule has 0 aliphatic carbocycles. The zero-order chi connectivity index (χ0) is 18.0. The zero-order valence-electron chi connectivity index (χ0n) is 14.7. The fraction of sp³-hybridized carbons (Fsp3) is 0.733. The van der Waals surface area contributed by atoms with Crippen molar-refractivity contribution in [3.63, 3.8) is 0 Å². The second-order valence-electron chi connectivity index (χ2n) is 6.39. The Morgan fingerprint density at radius 1 is 1.04 bits per heavy atom. The molecule has 0 aromatic carbocycles. The molecule has 0 bridgehead atoms. The van der Waals surface area contributed by atoms with Crippen molar-refractivity contribution in [1.82, 2.24) is 24.3 Å². The number of nitrogens with one attached hydrogen (secondary N) is 1. The third-order valence-corrected chi connectivity index (χ3v) is 6.83. The topological polar surface area (TPSA) is 98.8 Å². The van der Waals surface area contributed by atoms with Gasteiger partial charge in [0, 0.05) is 39.3 Å². The summed E-state index contributed by atoms with van der Waals surface area (Å²) in [5.74, 6) is 0. The van der Waals surface area contributed by atoms with Gasteiger partial charge in [0.2, 0.25) is 10.0 Å². The number of hydrogen-bond donors (Lipinski definition) is 1. The normalized spacial score (nSPS) is 20.6. The summed E-state index contributed by atoms with van der Waals surface area (Å²) in [6.45, 7) is 7.33. The lowest BCUT2D eigenvalue weighted by atomic mass is 10.4. The third kappa shape index (κ3) is 3.65. The van der Waals surface area contributed by atoms with Crippen molar-refractivity contribution in [3.8, 4) is 0 Å². The van der Waals surface area contributed by atoms with Crippen molar-refractivity contribution < 1.29 is 17.9 Å². The van der Waals surface area contributed by atoms with E-state index in [1.54, 1.807) is 23.6 Å². The molecule has 0 radical (unpaired) electrons. The molecule has 1 N–H and O–H groups in total. The van der Waals surface area contributed by atoms with Gasteiger partial charge in [-0.25, -0.2) is 13.2 Å². The van der Waals surface area contributed by atoms with E-state index in [-0.39, 0.29) is 10.9 Å². The Labute approximate surface area is 148 Å². The highest BCUT2D eigenvalue weighted by Crippen LogP contribution is 2.23. The van der Waals surface area contributed by atoms with E-state index in [4.69, 9.17) is 4.74 Å². The van der Waals surface area contributed by atoms with Crippen LogP contribution in [0.4, 0.5) is 4.79 Å². The molecule has 3 rings (SSSR count). The molecular weight excluding hydrogens is 346 g/mol. The van der Waals surface area contributed by atoms with E-state index in [1.807, 2.05) is 0 Å². The number of hydrogen-bond acceptors (Lipinski definition) is 5. The average molecular weight is 371 g/mol. The standard InChI is InChI=1S/C15H25N5O4S/c1-12-14(13(2)17-16-12)25(22,23)20-5-3-4-18(6-7-20)15(21)19-8-10-24-11-9-19/h3-11H2,1-2H3,(H,16,17). The van der Waals surface area contributed by atoms with Gasteiger partial charge in [0.15, 0.2) is 0 Å². The molecule has 0 unspecified atom stereocenters. The summed E-state index contributed by atoms with van der Waals surface area (Å²) < 4.78 is 32.7. The zero-order valence-corrected chi connectivity index (χ0v) is 15.5. The van der Waals surface area contributed by atoms with Gasteiger partial charge in [-0.15, -0.1) is 0 Å². The molecule has 0 spiro atoms. The number of sulfonamides is 1. The van der Waals surface area contributed by atoms with E-state index in [0.29, 0.717) is 70.3 Å². The molecule has 1 aromatic rings. The Bertz CT molecular complexity index is 707. The quantitative estimate of drug-likeness (QED) is 0.799. The Balaban J connectivity index is 1.70. The summed E-state index contributed by atoms with van der Waals surface area (Å²) in [6.07, 6.45) is 0.616. The van der Waals surface area contributed by atoms with Crippen LogP contribution in [-0.2, 0) is 14.8 Å². The van der Waals surface area contributed by atoms with Gasteiger partial charge in [-0.1, -0.05) is 0 Å². The molecule has 9 nitrogen and oxygen atoms in total. The van der Waals surface area contributed by atoms with Gasteiger partial charge >= 0.3 is 6.03 Å². The molecular formula is C15H25N5O4S. The molecule has 140 valence electrons. The summed E-state index contributed by atoms with van der Waals surface area (Å²) in [7, 11) is -3.61. The summed E-state index contributed by atoms with van der Waals surface area (Å²) in [6, 6.07) is -0.0294. The van der Waals surface area contributed by atoms with Crippen molar-refractivity contribution in [2.45, 2.75) is 25.2 Å². The van der Waals surface area contributed by atoms with E-state index in [1.165, 1.54) is 4.31 Å². The molecule has 2 aliphatic rings. The van der Waals surface area contributed by atoms with Crippen LogP contribution in [0.1, 0.15) is 17.8 Å². The van der Waals surface area contributed by atoms with Crippen LogP contribution in [0.2, 0.25) is 0 Å². The molecule has 2 fully saturated rings. The summed E-state index contributed by atoms with van der Waals surface area (Å²) in [4.78, 5) is 16.4. The second-order valence-corrected chi connectivity index (χ2v) is 8.26. The number of ether oxygens (including phenoxy) is 1. The Morgan fingerprint density at radius 2 is 1.72 bits per heavy atom. The third-order valence-electron chi connectivity index (χ3n) is 4.67. The van der Waals surface area contributed by atoms with Crippen LogP contribution in [0.15, 0.2) is 4.90 Å². The lowest BCUT2D eigenvalue weighted by Gasteiger charge is -2.32. The maximum atomic E-state index is 13.0. The number of amides is 2. The SMILES string of the molecule is Cc1n[nH]c(C)c1S(=O)(=O)N1CCCN(C(=O)N2CCOCC2)CC1. The van der Waals surface area contributed by atoms with E-state index >= 15 is 0 Å². The first-order chi connectivity index (χ1) is 11.9. The van der Waals surface area contributed by atoms with E-state index < -0.39 is 10.0 Å². The van der Waals surface area contributed by atoms with Crippen molar-refractivity contribution in [2.24, 2.45) is 0 Å². The Morgan fingerprint density at radius 3 is 2.36 bits per heavy atom. The minimum absolute atomic E-state index is 0.0294. The number of carbonyl (C=O) groups excluding carboxylic acids is 1. The first-order valence-corrected chi connectivity index (χ1v) is 9.98. The molecule has 2 amide bonds. The minimum Gasteiger partial charge on any atom is -0.378 e. The molecule has 25 heavy (non-hydrogen) atoms. The van der Waals surface area contributed by atoms with Crippen LogP contribution in [0.5, 0.6) is 0 Å². The minimum atomic E-state index is -3.61. The van der Waals surface area contributed by atoms with E-state index in [2.05, 4.69) is 10.2 Å². The average Bonchev–Trinajstić information content (AvgIpc) is 2.81. The van der Waals surface area contributed by atoms with Crippen molar-refractivity contribution in [2.75, 3.05) is 52.5 Å².